The second-order valence-electron chi connectivity index (χ2n) is 13.4. The number of nitrogens with zero attached hydrogens (tertiary/aromatic N) is 2. The van der Waals surface area contributed by atoms with Crippen molar-refractivity contribution in [1.82, 2.24) is 14.8 Å². The van der Waals surface area contributed by atoms with Gasteiger partial charge in [-0.3, -0.25) is 19.0 Å². The van der Waals surface area contributed by atoms with E-state index in [4.69, 9.17) is 16.3 Å². The smallest absolute Gasteiger partial charge is 0.416 e. The first-order valence-corrected chi connectivity index (χ1v) is 17.1. The van der Waals surface area contributed by atoms with E-state index >= 15 is 4.39 Å². The monoisotopic (exact) mass is 761 g/mol. The van der Waals surface area contributed by atoms with Crippen molar-refractivity contribution in [3.8, 4) is 22.6 Å². The van der Waals surface area contributed by atoms with Gasteiger partial charge < -0.3 is 20.1 Å². The number of rotatable bonds is 6. The van der Waals surface area contributed by atoms with Gasteiger partial charge in [0.1, 0.15) is 23.4 Å². The van der Waals surface area contributed by atoms with Crippen molar-refractivity contribution in [2.75, 3.05) is 19.6 Å². The normalized spacial score (nSPS) is 18.8. The van der Waals surface area contributed by atoms with Gasteiger partial charge in [0.05, 0.1) is 18.0 Å². The average Bonchev–Trinajstić information content (AvgIpc) is 3.07. The van der Waals surface area contributed by atoms with Crippen LogP contribution in [0.25, 0.3) is 11.1 Å². The van der Waals surface area contributed by atoms with Crippen molar-refractivity contribution in [3.63, 3.8) is 0 Å². The molecule has 4 aromatic rings. The van der Waals surface area contributed by atoms with Crippen LogP contribution in [-0.2, 0) is 22.2 Å². The zero-order valence-corrected chi connectivity index (χ0v) is 29.3. The van der Waals surface area contributed by atoms with Gasteiger partial charge in [-0.2, -0.15) is 13.2 Å². The number of hydrogen-bond donors (Lipinski definition) is 2. The second-order valence-corrected chi connectivity index (χ2v) is 13.8. The Balaban J connectivity index is 1.54. The average molecular weight is 762 g/mol. The van der Waals surface area contributed by atoms with Crippen LogP contribution in [0.2, 0.25) is 5.02 Å². The summed E-state index contributed by atoms with van der Waals surface area (Å²) in [5.41, 5.74) is -1.31. The minimum Gasteiger partial charge on any atom is -0.481 e. The Bertz CT molecular complexity index is 2140. The number of pyridine rings is 1. The highest BCUT2D eigenvalue weighted by molar-refractivity contribution is 6.31. The molecule has 4 bridgehead atoms. The van der Waals surface area contributed by atoms with Crippen LogP contribution in [0.15, 0.2) is 65.6 Å². The summed E-state index contributed by atoms with van der Waals surface area (Å²) in [6.45, 7) is 3.13. The number of hydrogen-bond acceptors (Lipinski definition) is 5. The summed E-state index contributed by atoms with van der Waals surface area (Å²) in [6, 6.07) is 9.38. The maximum absolute atomic E-state index is 15.9. The lowest BCUT2D eigenvalue weighted by atomic mass is 9.92. The van der Waals surface area contributed by atoms with Gasteiger partial charge in [-0.1, -0.05) is 23.7 Å². The van der Waals surface area contributed by atoms with Crippen LogP contribution >= 0.6 is 11.6 Å². The molecule has 2 aliphatic rings. The van der Waals surface area contributed by atoms with Crippen molar-refractivity contribution >= 4 is 23.5 Å². The molecular weight excluding hydrogens is 728 g/mol. The van der Waals surface area contributed by atoms with Crippen LogP contribution in [0.3, 0.4) is 0 Å². The zero-order valence-electron chi connectivity index (χ0n) is 28.5. The highest BCUT2D eigenvalue weighted by atomic mass is 35.5. The van der Waals surface area contributed by atoms with E-state index in [0.717, 1.165) is 16.3 Å². The molecule has 15 heteroatoms. The van der Waals surface area contributed by atoms with Crippen molar-refractivity contribution < 1.29 is 45.8 Å². The molecule has 0 radical (unpaired) electrons. The van der Waals surface area contributed by atoms with Gasteiger partial charge in [-0.15, -0.1) is 0 Å². The standard InChI is InChI=1S/C38H34ClF6N3O5/c1-20-4-3-5-30-33(20)23-14-21(2)34(40)26(15-23)29(18-32(50)51)46-36(52)35(25-16-24(53-30)6-7-28(25)39)48-19-22(27(17-31(48)49)38(43,44)45)8-11-47-12-9-37(41,42)10-13-47/h3-7,14-17,19,29,35H,8-13,18H2,1-2H3,(H,46,52)(H,50,51)/t29-,35-/m0/s1. The Labute approximate surface area is 304 Å². The molecule has 280 valence electrons. The lowest BCUT2D eigenvalue weighted by molar-refractivity contribution is -0.139. The first kappa shape index (κ1) is 37.9. The number of ether oxygens (including phenoxy) is 1. The van der Waals surface area contributed by atoms with E-state index in [1.165, 1.54) is 31.2 Å². The van der Waals surface area contributed by atoms with Crippen molar-refractivity contribution in [1.29, 1.82) is 0 Å². The fourth-order valence-electron chi connectivity index (χ4n) is 6.93. The van der Waals surface area contributed by atoms with Gasteiger partial charge in [0.15, 0.2) is 0 Å². The molecule has 1 amide bonds. The Morgan fingerprint density at radius 2 is 1.74 bits per heavy atom. The Morgan fingerprint density at radius 1 is 1.02 bits per heavy atom. The van der Waals surface area contributed by atoms with Gasteiger partial charge in [0, 0.05) is 66.5 Å². The molecule has 0 spiro atoms. The molecule has 3 heterocycles. The number of amides is 1. The molecule has 1 saturated heterocycles. The number of halogens is 7. The Morgan fingerprint density at radius 3 is 2.42 bits per heavy atom. The maximum Gasteiger partial charge on any atom is 0.416 e. The molecule has 1 fully saturated rings. The van der Waals surface area contributed by atoms with E-state index in [1.807, 2.05) is 0 Å². The molecular formula is C38H34ClF6N3O5. The van der Waals surface area contributed by atoms with E-state index in [9.17, 15) is 41.4 Å². The number of aryl methyl sites for hydroxylation is 2. The Kier molecular flexibility index (Phi) is 10.4. The van der Waals surface area contributed by atoms with Gasteiger partial charge in [-0.25, -0.2) is 13.2 Å². The van der Waals surface area contributed by atoms with E-state index in [0.29, 0.717) is 22.9 Å². The number of likely N-dealkylation sites (tertiary alicyclic amines) is 1. The van der Waals surface area contributed by atoms with Crippen LogP contribution < -0.4 is 15.6 Å². The summed E-state index contributed by atoms with van der Waals surface area (Å²) in [7, 11) is 0. The fraction of sp³-hybridized carbons (Fsp3) is 0.342. The number of piperidine rings is 1. The number of carbonyl (C=O) groups is 2. The summed E-state index contributed by atoms with van der Waals surface area (Å²) < 4.78 is 93.6. The molecule has 2 aliphatic heterocycles. The summed E-state index contributed by atoms with van der Waals surface area (Å²) in [5.74, 6) is -5.70. The second kappa shape index (κ2) is 14.5. The van der Waals surface area contributed by atoms with Crippen LogP contribution in [0.1, 0.15) is 64.7 Å². The maximum atomic E-state index is 15.9. The zero-order chi connectivity index (χ0) is 38.4. The first-order valence-electron chi connectivity index (χ1n) is 16.7. The number of nitrogens with one attached hydrogen (secondary N) is 1. The highest BCUT2D eigenvalue weighted by Crippen LogP contribution is 2.41. The van der Waals surface area contributed by atoms with E-state index in [-0.39, 0.29) is 53.5 Å². The quantitative estimate of drug-likeness (QED) is 0.192. The number of carboxylic acids is 1. The molecule has 2 N–H and O–H groups in total. The van der Waals surface area contributed by atoms with Crippen LogP contribution in [0.4, 0.5) is 26.3 Å². The van der Waals surface area contributed by atoms with Crippen LogP contribution in [0, 0.1) is 19.7 Å². The lowest BCUT2D eigenvalue weighted by Crippen LogP contribution is -2.41. The molecule has 3 aromatic carbocycles. The minimum atomic E-state index is -4.99. The van der Waals surface area contributed by atoms with E-state index < -0.39 is 77.8 Å². The third-order valence-electron chi connectivity index (χ3n) is 9.65. The molecule has 1 aromatic heterocycles. The summed E-state index contributed by atoms with van der Waals surface area (Å²) in [4.78, 5) is 41.9. The first-order chi connectivity index (χ1) is 24.9. The van der Waals surface area contributed by atoms with Crippen molar-refractivity contribution in [2.24, 2.45) is 0 Å². The number of aliphatic carboxylic acids is 1. The topological polar surface area (TPSA) is 101 Å². The molecule has 2 atom stereocenters. The molecule has 6 rings (SSSR count). The highest BCUT2D eigenvalue weighted by Gasteiger charge is 2.38. The predicted octanol–water partition coefficient (Wildman–Crippen LogP) is 8.24. The molecule has 53 heavy (non-hydrogen) atoms. The molecule has 0 unspecified atom stereocenters. The molecule has 0 saturated carbocycles. The van der Waals surface area contributed by atoms with Crippen molar-refractivity contribution in [3.05, 3.63) is 115 Å². The number of aromatic nitrogens is 1. The summed E-state index contributed by atoms with van der Waals surface area (Å²) in [6.07, 6.45) is -6.14. The SMILES string of the molecule is Cc1cc2cc(c1F)[C@H](CC(=O)O)NC(=O)[C@@H](n1cc(CCN3CCC(F)(F)CC3)c(C(F)(F)F)cc1=O)c1cc(ccc1Cl)Oc1cccc(C)c1-2. The lowest BCUT2D eigenvalue weighted by Gasteiger charge is -2.32. The number of alkyl halides is 5. The molecule has 0 aliphatic carbocycles. The number of carbonyl (C=O) groups excluding carboxylic acids is 1. The Hall–Kier alpha value is -4.82. The van der Waals surface area contributed by atoms with Gasteiger partial charge in [0.2, 0.25) is 5.91 Å². The minimum absolute atomic E-state index is 0.0488. The van der Waals surface area contributed by atoms with Crippen molar-refractivity contribution in [2.45, 2.75) is 63.7 Å². The van der Waals surface area contributed by atoms with Crippen LogP contribution in [0.5, 0.6) is 11.5 Å². The summed E-state index contributed by atoms with van der Waals surface area (Å²) in [5, 5.41) is 12.3. The van der Waals surface area contributed by atoms with Gasteiger partial charge in [0.25, 0.3) is 11.5 Å². The third kappa shape index (κ3) is 8.08. The van der Waals surface area contributed by atoms with E-state index in [1.54, 1.807) is 36.1 Å². The largest absolute Gasteiger partial charge is 0.481 e. The summed E-state index contributed by atoms with van der Waals surface area (Å²) >= 11 is 6.64. The van der Waals surface area contributed by atoms with Gasteiger partial charge >= 0.3 is 12.1 Å². The predicted molar refractivity (Wildman–Crippen MR) is 184 cm³/mol. The fourth-order valence-corrected chi connectivity index (χ4v) is 7.15. The van der Waals surface area contributed by atoms with Crippen LogP contribution in [-0.4, -0.2) is 52.0 Å². The van der Waals surface area contributed by atoms with E-state index in [2.05, 4.69) is 5.32 Å². The van der Waals surface area contributed by atoms with Gasteiger partial charge in [-0.05, 0) is 78.9 Å². The molecule has 8 nitrogen and oxygen atoms in total. The third-order valence-corrected chi connectivity index (χ3v) is 9.99. The number of benzene rings is 3. The number of carboxylic acid groups (broad SMARTS) is 1. The number of fused-ring (bicyclic) bond motifs is 6.